The zero-order valence-electron chi connectivity index (χ0n) is 11.7. The van der Waals surface area contributed by atoms with Crippen molar-refractivity contribution in [2.24, 2.45) is 0 Å². The lowest BCUT2D eigenvalue weighted by Gasteiger charge is -2.26. The molecule has 1 saturated carbocycles. The Morgan fingerprint density at radius 1 is 1.32 bits per heavy atom. The standard InChI is InChI=1S/C14H22N4O/c1-17-6-3-7-18(2)12(9-17)14-15-11(10-4-5-10)8-13(19)16-14/h8,10,12H,3-7,9H2,1-2H3,(H,15,16,19). The molecule has 0 amide bonds. The SMILES string of the molecule is CN1CCCN(C)C(c2nc(C3CC3)cc(=O)[nH]2)C1. The monoisotopic (exact) mass is 262 g/mol. The highest BCUT2D eigenvalue weighted by Crippen LogP contribution is 2.38. The van der Waals surface area contributed by atoms with E-state index in [0.29, 0.717) is 5.92 Å². The summed E-state index contributed by atoms with van der Waals surface area (Å²) in [5.74, 6) is 1.36. The molecule has 19 heavy (non-hydrogen) atoms. The van der Waals surface area contributed by atoms with Crippen LogP contribution >= 0.6 is 0 Å². The normalized spacial score (nSPS) is 26.3. The number of hydrogen-bond donors (Lipinski definition) is 1. The predicted octanol–water partition coefficient (Wildman–Crippen LogP) is 0.956. The summed E-state index contributed by atoms with van der Waals surface area (Å²) >= 11 is 0. The number of rotatable bonds is 2. The van der Waals surface area contributed by atoms with Crippen LogP contribution in [-0.4, -0.2) is 53.5 Å². The van der Waals surface area contributed by atoms with Crippen LogP contribution in [0.1, 0.15) is 42.7 Å². The molecule has 5 nitrogen and oxygen atoms in total. The highest BCUT2D eigenvalue weighted by atomic mass is 16.1. The van der Waals surface area contributed by atoms with Gasteiger partial charge in [0.05, 0.1) is 11.7 Å². The topological polar surface area (TPSA) is 52.2 Å². The Labute approximate surface area is 113 Å². The second-order valence-corrected chi connectivity index (χ2v) is 5.94. The van der Waals surface area contributed by atoms with Crippen LogP contribution in [0.4, 0.5) is 0 Å². The molecular weight excluding hydrogens is 240 g/mol. The van der Waals surface area contributed by atoms with E-state index in [0.717, 1.165) is 37.6 Å². The number of hydrogen-bond acceptors (Lipinski definition) is 4. The summed E-state index contributed by atoms with van der Waals surface area (Å²) in [7, 11) is 4.25. The van der Waals surface area contributed by atoms with Crippen molar-refractivity contribution in [2.75, 3.05) is 33.7 Å². The minimum absolute atomic E-state index is 0.00722. The third kappa shape index (κ3) is 2.87. The lowest BCUT2D eigenvalue weighted by molar-refractivity contribution is 0.219. The summed E-state index contributed by atoms with van der Waals surface area (Å²) in [6.45, 7) is 3.08. The van der Waals surface area contributed by atoms with E-state index in [2.05, 4.69) is 28.9 Å². The fourth-order valence-electron chi connectivity index (χ4n) is 2.81. The fourth-order valence-corrected chi connectivity index (χ4v) is 2.81. The van der Waals surface area contributed by atoms with Crippen molar-refractivity contribution in [3.63, 3.8) is 0 Å². The van der Waals surface area contributed by atoms with Gasteiger partial charge in [0, 0.05) is 18.5 Å². The van der Waals surface area contributed by atoms with Gasteiger partial charge in [-0.05, 0) is 46.4 Å². The van der Waals surface area contributed by atoms with Gasteiger partial charge in [-0.1, -0.05) is 0 Å². The van der Waals surface area contributed by atoms with Crippen LogP contribution in [0.5, 0.6) is 0 Å². The Hall–Kier alpha value is -1.20. The van der Waals surface area contributed by atoms with Gasteiger partial charge >= 0.3 is 0 Å². The molecule has 3 rings (SSSR count). The van der Waals surface area contributed by atoms with Gasteiger partial charge in [-0.15, -0.1) is 0 Å². The smallest absolute Gasteiger partial charge is 0.251 e. The molecule has 0 aromatic carbocycles. The molecular formula is C14H22N4O. The Morgan fingerprint density at radius 2 is 2.11 bits per heavy atom. The van der Waals surface area contributed by atoms with Gasteiger partial charge in [-0.25, -0.2) is 4.98 Å². The fraction of sp³-hybridized carbons (Fsp3) is 0.714. The molecule has 1 N–H and O–H groups in total. The zero-order valence-corrected chi connectivity index (χ0v) is 11.7. The van der Waals surface area contributed by atoms with Crippen molar-refractivity contribution in [1.82, 2.24) is 19.8 Å². The van der Waals surface area contributed by atoms with E-state index in [1.807, 2.05) is 0 Å². The van der Waals surface area contributed by atoms with Gasteiger partial charge in [-0.3, -0.25) is 9.69 Å². The molecule has 0 bridgehead atoms. The number of nitrogens with zero attached hydrogens (tertiary/aromatic N) is 3. The molecule has 1 aliphatic heterocycles. The van der Waals surface area contributed by atoms with Crippen molar-refractivity contribution < 1.29 is 0 Å². The van der Waals surface area contributed by atoms with Crippen LogP contribution in [0, 0.1) is 0 Å². The third-order valence-electron chi connectivity index (χ3n) is 4.16. The molecule has 2 aliphatic rings. The summed E-state index contributed by atoms with van der Waals surface area (Å²) in [6.07, 6.45) is 3.52. The van der Waals surface area contributed by atoms with E-state index in [9.17, 15) is 4.79 Å². The summed E-state index contributed by atoms with van der Waals surface area (Å²) in [5, 5.41) is 0. The average Bonchev–Trinajstić information content (AvgIpc) is 3.18. The molecule has 0 radical (unpaired) electrons. The quantitative estimate of drug-likeness (QED) is 0.862. The second kappa shape index (κ2) is 5.06. The molecule has 1 atom stereocenters. The van der Waals surface area contributed by atoms with Gasteiger partial charge in [0.15, 0.2) is 0 Å². The van der Waals surface area contributed by atoms with Gasteiger partial charge < -0.3 is 9.88 Å². The lowest BCUT2D eigenvalue weighted by Crippen LogP contribution is -2.33. The van der Waals surface area contributed by atoms with E-state index in [1.54, 1.807) is 6.07 Å². The zero-order chi connectivity index (χ0) is 13.4. The second-order valence-electron chi connectivity index (χ2n) is 5.94. The van der Waals surface area contributed by atoms with E-state index >= 15 is 0 Å². The Morgan fingerprint density at radius 3 is 2.84 bits per heavy atom. The highest BCUT2D eigenvalue weighted by molar-refractivity contribution is 5.15. The predicted molar refractivity (Wildman–Crippen MR) is 74.3 cm³/mol. The molecule has 1 saturated heterocycles. The summed E-state index contributed by atoms with van der Waals surface area (Å²) in [4.78, 5) is 24.1. The molecule has 1 unspecified atom stereocenters. The summed E-state index contributed by atoms with van der Waals surface area (Å²) in [5.41, 5.74) is 0.978. The number of aromatic amines is 1. The first-order valence-electron chi connectivity index (χ1n) is 7.13. The maximum absolute atomic E-state index is 11.8. The molecule has 104 valence electrons. The van der Waals surface area contributed by atoms with Crippen LogP contribution in [0.25, 0.3) is 0 Å². The molecule has 2 heterocycles. The van der Waals surface area contributed by atoms with Crippen LogP contribution < -0.4 is 5.56 Å². The van der Waals surface area contributed by atoms with Gasteiger partial charge in [0.1, 0.15) is 5.82 Å². The number of aromatic nitrogens is 2. The minimum Gasteiger partial charge on any atom is -0.309 e. The largest absolute Gasteiger partial charge is 0.309 e. The van der Waals surface area contributed by atoms with Crippen molar-refractivity contribution in [3.8, 4) is 0 Å². The third-order valence-corrected chi connectivity index (χ3v) is 4.16. The number of likely N-dealkylation sites (N-methyl/N-ethyl adjacent to an activating group) is 2. The summed E-state index contributed by atoms with van der Waals surface area (Å²) < 4.78 is 0. The van der Waals surface area contributed by atoms with Gasteiger partial charge in [-0.2, -0.15) is 0 Å². The molecule has 2 fully saturated rings. The maximum Gasteiger partial charge on any atom is 0.251 e. The van der Waals surface area contributed by atoms with Gasteiger partial charge in [0.25, 0.3) is 5.56 Å². The average molecular weight is 262 g/mol. The first kappa shape index (κ1) is 12.8. The van der Waals surface area contributed by atoms with E-state index in [-0.39, 0.29) is 11.6 Å². The minimum atomic E-state index is -0.00722. The Kier molecular flexibility index (Phi) is 3.41. The first-order valence-corrected chi connectivity index (χ1v) is 7.13. The molecule has 1 aromatic rings. The van der Waals surface area contributed by atoms with E-state index in [4.69, 9.17) is 4.98 Å². The van der Waals surface area contributed by atoms with Crippen LogP contribution in [0.2, 0.25) is 0 Å². The van der Waals surface area contributed by atoms with Crippen LogP contribution in [-0.2, 0) is 0 Å². The molecule has 1 aliphatic carbocycles. The number of H-pyrrole nitrogens is 1. The lowest BCUT2D eigenvalue weighted by atomic mass is 10.2. The number of nitrogens with one attached hydrogen (secondary N) is 1. The van der Waals surface area contributed by atoms with E-state index in [1.165, 1.54) is 12.8 Å². The molecule has 1 aromatic heterocycles. The molecule has 0 spiro atoms. The van der Waals surface area contributed by atoms with Gasteiger partial charge in [0.2, 0.25) is 0 Å². The maximum atomic E-state index is 11.8. The van der Waals surface area contributed by atoms with Crippen molar-refractivity contribution in [1.29, 1.82) is 0 Å². The van der Waals surface area contributed by atoms with Crippen molar-refractivity contribution in [3.05, 3.63) is 27.9 Å². The summed E-state index contributed by atoms with van der Waals surface area (Å²) in [6, 6.07) is 1.86. The van der Waals surface area contributed by atoms with Crippen molar-refractivity contribution >= 4 is 0 Å². The van der Waals surface area contributed by atoms with Crippen LogP contribution in [0.3, 0.4) is 0 Å². The Bertz CT molecular complexity index is 508. The Balaban J connectivity index is 1.92. The van der Waals surface area contributed by atoms with Crippen molar-refractivity contribution in [2.45, 2.75) is 31.2 Å². The molecule has 5 heteroatoms. The first-order chi connectivity index (χ1) is 9.13. The van der Waals surface area contributed by atoms with E-state index < -0.39 is 0 Å². The van der Waals surface area contributed by atoms with Crippen LogP contribution in [0.15, 0.2) is 10.9 Å². The highest BCUT2D eigenvalue weighted by Gasteiger charge is 2.29.